The van der Waals surface area contributed by atoms with Crippen molar-refractivity contribution in [2.24, 2.45) is 23.2 Å². The van der Waals surface area contributed by atoms with Crippen molar-refractivity contribution in [2.75, 3.05) is 19.6 Å². The highest BCUT2D eigenvalue weighted by Crippen LogP contribution is 2.56. The maximum Gasteiger partial charge on any atom is 0.311 e. The van der Waals surface area contributed by atoms with E-state index in [1.54, 1.807) is 0 Å². The molecule has 0 amide bonds. The zero-order valence-electron chi connectivity index (χ0n) is 19.4. The molecule has 5 rings (SSSR count). The van der Waals surface area contributed by atoms with Crippen LogP contribution in [0.1, 0.15) is 51.5 Å². The highest BCUT2D eigenvalue weighted by atomic mass is 16.6. The smallest absolute Gasteiger partial charge is 0.311 e. The molecule has 5 heteroatoms. The number of rotatable bonds is 4. The van der Waals surface area contributed by atoms with Crippen LogP contribution in [0.3, 0.4) is 0 Å². The van der Waals surface area contributed by atoms with Gasteiger partial charge in [0.1, 0.15) is 6.10 Å². The highest BCUT2D eigenvalue weighted by Gasteiger charge is 2.59. The standard InChI is InChI=1S/C27H37NO4/c1-18-7-6-10-20-15-22-23(24(29)26(18,20)2)21(25(30)32-22)17-28-13-11-27(31,12-14-28)16-19-8-4-3-5-9-19/h3-5,8-10,18,21-24,29,31H,6-7,11-17H2,1-2H3/t18?,21?,22-,23-,24?,26-/m1/s1. The quantitative estimate of drug-likeness (QED) is 0.556. The van der Waals surface area contributed by atoms with Gasteiger partial charge in [-0.15, -0.1) is 0 Å². The molecule has 0 aromatic heterocycles. The Balaban J connectivity index is 1.26. The van der Waals surface area contributed by atoms with Crippen molar-refractivity contribution in [3.63, 3.8) is 0 Å². The molecule has 174 valence electrons. The van der Waals surface area contributed by atoms with Crippen molar-refractivity contribution in [1.29, 1.82) is 0 Å². The Bertz CT molecular complexity index is 875. The molecule has 2 aliphatic heterocycles. The van der Waals surface area contributed by atoms with Gasteiger partial charge >= 0.3 is 5.97 Å². The molecule has 1 saturated carbocycles. The lowest BCUT2D eigenvalue weighted by molar-refractivity contribution is -0.145. The second-order valence-electron chi connectivity index (χ2n) is 11.0. The molecule has 2 N–H and O–H groups in total. The van der Waals surface area contributed by atoms with Gasteiger partial charge in [-0.25, -0.2) is 0 Å². The normalized spacial score (nSPS) is 39.1. The van der Waals surface area contributed by atoms with Crippen LogP contribution in [-0.4, -0.2) is 58.5 Å². The number of esters is 1. The van der Waals surface area contributed by atoms with Crippen LogP contribution in [0.15, 0.2) is 42.0 Å². The molecule has 0 bridgehead atoms. The number of nitrogens with zero attached hydrogens (tertiary/aromatic N) is 1. The number of ether oxygens (including phenoxy) is 1. The average molecular weight is 440 g/mol. The molecule has 5 nitrogen and oxygen atoms in total. The first kappa shape index (κ1) is 22.1. The summed E-state index contributed by atoms with van der Waals surface area (Å²) in [6.45, 7) is 6.57. The molecular weight excluding hydrogens is 402 g/mol. The Morgan fingerprint density at radius 3 is 2.62 bits per heavy atom. The first-order chi connectivity index (χ1) is 15.3. The van der Waals surface area contributed by atoms with Crippen LogP contribution in [0.25, 0.3) is 0 Å². The third-order valence-corrected chi connectivity index (χ3v) is 9.19. The summed E-state index contributed by atoms with van der Waals surface area (Å²) >= 11 is 0. The lowest BCUT2D eigenvalue weighted by Crippen LogP contribution is -2.55. The first-order valence-corrected chi connectivity index (χ1v) is 12.4. The van der Waals surface area contributed by atoms with Crippen LogP contribution in [-0.2, 0) is 16.0 Å². The fourth-order valence-corrected chi connectivity index (χ4v) is 6.86. The van der Waals surface area contributed by atoms with Crippen LogP contribution in [0.4, 0.5) is 0 Å². The number of aliphatic hydroxyl groups excluding tert-OH is 1. The number of allylic oxidation sites excluding steroid dienone is 1. The van der Waals surface area contributed by atoms with Gasteiger partial charge in [0, 0.05) is 43.8 Å². The molecule has 2 heterocycles. The minimum atomic E-state index is -0.689. The van der Waals surface area contributed by atoms with E-state index < -0.39 is 11.7 Å². The number of fused-ring (bicyclic) bond motifs is 2. The number of carbonyl (C=O) groups excluding carboxylic acids is 1. The van der Waals surface area contributed by atoms with E-state index >= 15 is 0 Å². The van der Waals surface area contributed by atoms with Crippen LogP contribution in [0.2, 0.25) is 0 Å². The van der Waals surface area contributed by atoms with Gasteiger partial charge in [0.25, 0.3) is 0 Å². The lowest BCUT2D eigenvalue weighted by Gasteiger charge is -2.52. The summed E-state index contributed by atoms with van der Waals surface area (Å²) in [7, 11) is 0. The van der Waals surface area contributed by atoms with Gasteiger partial charge in [-0.2, -0.15) is 0 Å². The van der Waals surface area contributed by atoms with Crippen molar-refractivity contribution >= 4 is 5.97 Å². The second-order valence-corrected chi connectivity index (χ2v) is 11.0. The van der Waals surface area contributed by atoms with Crippen LogP contribution < -0.4 is 0 Å². The first-order valence-electron chi connectivity index (χ1n) is 12.4. The summed E-state index contributed by atoms with van der Waals surface area (Å²) < 4.78 is 5.82. The van der Waals surface area contributed by atoms with E-state index in [1.807, 2.05) is 18.2 Å². The molecule has 3 unspecified atom stereocenters. The Kier molecular flexibility index (Phi) is 5.71. The van der Waals surface area contributed by atoms with E-state index in [1.165, 1.54) is 5.57 Å². The SMILES string of the molecule is CC1CCC=C2C[C@H]3OC(=O)C(CN4CCC(O)(Cc5ccccc5)CC4)[C@H]3C(O)[C@@]21C. The van der Waals surface area contributed by atoms with Crippen LogP contribution >= 0.6 is 0 Å². The molecule has 2 aliphatic carbocycles. The number of piperidine rings is 1. The van der Waals surface area contributed by atoms with E-state index in [-0.39, 0.29) is 29.3 Å². The van der Waals surface area contributed by atoms with E-state index in [0.29, 0.717) is 31.7 Å². The Morgan fingerprint density at radius 1 is 1.19 bits per heavy atom. The average Bonchev–Trinajstić information content (AvgIpc) is 3.08. The fourth-order valence-electron chi connectivity index (χ4n) is 6.86. The van der Waals surface area contributed by atoms with E-state index in [2.05, 4.69) is 37.0 Å². The summed E-state index contributed by atoms with van der Waals surface area (Å²) in [5.41, 5.74) is 1.49. The van der Waals surface area contributed by atoms with Gasteiger partial charge in [0.2, 0.25) is 0 Å². The fraction of sp³-hybridized carbons (Fsp3) is 0.667. The monoisotopic (exact) mass is 439 g/mol. The number of benzene rings is 1. The molecule has 32 heavy (non-hydrogen) atoms. The Hall–Kier alpha value is -1.69. The molecule has 4 aliphatic rings. The zero-order chi connectivity index (χ0) is 22.5. The Labute approximate surface area is 191 Å². The Morgan fingerprint density at radius 2 is 1.91 bits per heavy atom. The molecule has 0 radical (unpaired) electrons. The van der Waals surface area contributed by atoms with Crippen molar-refractivity contribution in [3.8, 4) is 0 Å². The summed E-state index contributed by atoms with van der Waals surface area (Å²) in [6, 6.07) is 10.2. The molecule has 0 spiro atoms. The van der Waals surface area contributed by atoms with E-state index in [9.17, 15) is 15.0 Å². The van der Waals surface area contributed by atoms with Crippen molar-refractivity contribution in [2.45, 2.75) is 70.2 Å². The number of aliphatic hydroxyl groups is 2. The number of hydrogen-bond donors (Lipinski definition) is 2. The zero-order valence-corrected chi connectivity index (χ0v) is 19.4. The third kappa shape index (κ3) is 3.72. The predicted octanol–water partition coefficient (Wildman–Crippen LogP) is 3.34. The molecular formula is C27H37NO4. The van der Waals surface area contributed by atoms with Crippen molar-refractivity contribution in [3.05, 3.63) is 47.5 Å². The molecule has 2 saturated heterocycles. The molecule has 1 aromatic rings. The van der Waals surface area contributed by atoms with Gasteiger partial charge < -0.3 is 19.8 Å². The highest BCUT2D eigenvalue weighted by molar-refractivity contribution is 5.76. The van der Waals surface area contributed by atoms with Gasteiger partial charge in [0.05, 0.1) is 17.6 Å². The molecule has 1 aromatic carbocycles. The largest absolute Gasteiger partial charge is 0.461 e. The number of likely N-dealkylation sites (tertiary alicyclic amines) is 1. The maximum atomic E-state index is 12.9. The second kappa shape index (κ2) is 8.27. The summed E-state index contributed by atoms with van der Waals surface area (Å²) in [6.07, 6.45) is 6.48. The summed E-state index contributed by atoms with van der Waals surface area (Å²) in [4.78, 5) is 15.2. The van der Waals surface area contributed by atoms with Gasteiger partial charge in [-0.1, -0.05) is 55.8 Å². The van der Waals surface area contributed by atoms with Gasteiger partial charge in [-0.3, -0.25) is 4.79 Å². The minimum Gasteiger partial charge on any atom is -0.461 e. The summed E-state index contributed by atoms with van der Waals surface area (Å²) in [5.74, 6) is -0.185. The minimum absolute atomic E-state index is 0.143. The van der Waals surface area contributed by atoms with E-state index in [4.69, 9.17) is 4.74 Å². The summed E-state index contributed by atoms with van der Waals surface area (Å²) in [5, 5.41) is 22.7. The topological polar surface area (TPSA) is 70.0 Å². The maximum absolute atomic E-state index is 12.9. The van der Waals surface area contributed by atoms with Crippen LogP contribution in [0.5, 0.6) is 0 Å². The van der Waals surface area contributed by atoms with Crippen molar-refractivity contribution in [1.82, 2.24) is 4.90 Å². The number of hydrogen-bond acceptors (Lipinski definition) is 5. The van der Waals surface area contributed by atoms with E-state index in [0.717, 1.165) is 37.9 Å². The van der Waals surface area contributed by atoms with Gasteiger partial charge in [-0.05, 0) is 37.2 Å². The van der Waals surface area contributed by atoms with Crippen molar-refractivity contribution < 1.29 is 19.7 Å². The lowest BCUT2D eigenvalue weighted by atomic mass is 9.55. The molecule has 3 fully saturated rings. The predicted molar refractivity (Wildman–Crippen MR) is 123 cm³/mol. The molecule has 6 atom stereocenters. The van der Waals surface area contributed by atoms with Gasteiger partial charge in [0.15, 0.2) is 0 Å². The van der Waals surface area contributed by atoms with Crippen LogP contribution in [0, 0.1) is 23.2 Å². The number of carbonyl (C=O) groups is 1. The third-order valence-electron chi connectivity index (χ3n) is 9.19.